The topological polar surface area (TPSA) is 44.5 Å². The molecule has 1 aromatic carbocycles. The summed E-state index contributed by atoms with van der Waals surface area (Å²) < 4.78 is 11.8. The van der Waals surface area contributed by atoms with E-state index in [1.807, 2.05) is 12.1 Å². The summed E-state index contributed by atoms with van der Waals surface area (Å²) >= 11 is 3.44. The van der Waals surface area contributed by atoms with Crippen LogP contribution in [0.4, 0.5) is 0 Å². The standard InChI is InChI=1S/C10H12BrNO2/c1-13-9-3-2-8(11)10-7(9)4-6(12)5-14-10/h2-3,6H,4-5,12H2,1H3/t6-/m1/s1. The molecule has 1 aliphatic rings. The van der Waals surface area contributed by atoms with Crippen LogP contribution in [0.5, 0.6) is 11.5 Å². The van der Waals surface area contributed by atoms with Crippen LogP contribution in [-0.2, 0) is 6.42 Å². The van der Waals surface area contributed by atoms with Gasteiger partial charge in [0.15, 0.2) is 0 Å². The van der Waals surface area contributed by atoms with Crippen LogP contribution >= 0.6 is 15.9 Å². The zero-order chi connectivity index (χ0) is 10.1. The highest BCUT2D eigenvalue weighted by Gasteiger charge is 2.22. The minimum absolute atomic E-state index is 0.0608. The minimum Gasteiger partial charge on any atom is -0.496 e. The van der Waals surface area contributed by atoms with Gasteiger partial charge in [-0.25, -0.2) is 0 Å². The summed E-state index contributed by atoms with van der Waals surface area (Å²) in [6, 6.07) is 3.91. The lowest BCUT2D eigenvalue weighted by molar-refractivity contribution is 0.257. The third-order valence-electron chi connectivity index (χ3n) is 2.30. The van der Waals surface area contributed by atoms with Crippen molar-refractivity contribution < 1.29 is 9.47 Å². The van der Waals surface area contributed by atoms with Gasteiger partial charge in [0.25, 0.3) is 0 Å². The van der Waals surface area contributed by atoms with E-state index in [1.165, 1.54) is 0 Å². The van der Waals surface area contributed by atoms with E-state index in [-0.39, 0.29) is 6.04 Å². The molecule has 14 heavy (non-hydrogen) atoms. The number of hydrogen-bond donors (Lipinski definition) is 1. The Morgan fingerprint density at radius 2 is 2.36 bits per heavy atom. The fraction of sp³-hybridized carbons (Fsp3) is 0.400. The molecule has 1 atom stereocenters. The second-order valence-corrected chi connectivity index (χ2v) is 4.19. The fourth-order valence-electron chi connectivity index (χ4n) is 1.63. The molecule has 1 aromatic rings. The second kappa shape index (κ2) is 3.79. The highest BCUT2D eigenvalue weighted by molar-refractivity contribution is 9.10. The lowest BCUT2D eigenvalue weighted by atomic mass is 10.0. The first-order valence-corrected chi connectivity index (χ1v) is 5.25. The van der Waals surface area contributed by atoms with Crippen LogP contribution in [0, 0.1) is 0 Å². The lowest BCUT2D eigenvalue weighted by Crippen LogP contribution is -2.34. The Morgan fingerprint density at radius 3 is 3.07 bits per heavy atom. The van der Waals surface area contributed by atoms with Gasteiger partial charge in [0.05, 0.1) is 11.6 Å². The van der Waals surface area contributed by atoms with Crippen LogP contribution in [0.1, 0.15) is 5.56 Å². The smallest absolute Gasteiger partial charge is 0.140 e. The molecule has 0 fully saturated rings. The Morgan fingerprint density at radius 1 is 1.57 bits per heavy atom. The van der Waals surface area contributed by atoms with Gasteiger partial charge in [-0.15, -0.1) is 0 Å². The maximum Gasteiger partial charge on any atom is 0.140 e. The molecule has 1 aliphatic heterocycles. The van der Waals surface area contributed by atoms with Crippen molar-refractivity contribution in [2.75, 3.05) is 13.7 Å². The van der Waals surface area contributed by atoms with Gasteiger partial charge in [-0.1, -0.05) is 0 Å². The van der Waals surface area contributed by atoms with E-state index >= 15 is 0 Å². The second-order valence-electron chi connectivity index (χ2n) is 3.33. The minimum atomic E-state index is 0.0608. The highest BCUT2D eigenvalue weighted by Crippen LogP contribution is 2.38. The maximum atomic E-state index is 5.83. The van der Waals surface area contributed by atoms with E-state index in [0.717, 1.165) is 28.0 Å². The van der Waals surface area contributed by atoms with Crippen molar-refractivity contribution in [2.24, 2.45) is 5.73 Å². The van der Waals surface area contributed by atoms with Crippen LogP contribution in [0.15, 0.2) is 16.6 Å². The lowest BCUT2D eigenvalue weighted by Gasteiger charge is -2.24. The SMILES string of the molecule is COc1ccc(Br)c2c1C[C@@H](N)CO2. The first kappa shape index (κ1) is 9.80. The molecule has 0 saturated heterocycles. The van der Waals surface area contributed by atoms with Crippen molar-refractivity contribution in [1.82, 2.24) is 0 Å². The van der Waals surface area contributed by atoms with Gasteiger partial charge in [0.1, 0.15) is 18.1 Å². The molecule has 76 valence electrons. The predicted molar refractivity (Wildman–Crippen MR) is 57.9 cm³/mol. The Balaban J connectivity index is 2.49. The zero-order valence-electron chi connectivity index (χ0n) is 7.92. The molecular formula is C10H12BrNO2. The van der Waals surface area contributed by atoms with Gasteiger partial charge in [-0.05, 0) is 34.5 Å². The predicted octanol–water partition coefficient (Wildman–Crippen LogP) is 1.72. The summed E-state index contributed by atoms with van der Waals surface area (Å²) in [5, 5.41) is 0. The van der Waals surface area contributed by atoms with Crippen molar-refractivity contribution in [1.29, 1.82) is 0 Å². The quantitative estimate of drug-likeness (QED) is 0.834. The highest BCUT2D eigenvalue weighted by atomic mass is 79.9. The third kappa shape index (κ3) is 1.60. The third-order valence-corrected chi connectivity index (χ3v) is 2.92. The molecule has 3 nitrogen and oxygen atoms in total. The van der Waals surface area contributed by atoms with Gasteiger partial charge in [-0.2, -0.15) is 0 Å². The first-order valence-electron chi connectivity index (χ1n) is 4.46. The summed E-state index contributed by atoms with van der Waals surface area (Å²) in [6.07, 6.45) is 0.804. The molecule has 0 unspecified atom stereocenters. The number of methoxy groups -OCH3 is 1. The molecule has 0 aliphatic carbocycles. The number of hydrogen-bond acceptors (Lipinski definition) is 3. The van der Waals surface area contributed by atoms with E-state index in [0.29, 0.717) is 6.61 Å². The average molecular weight is 258 g/mol. The molecule has 0 spiro atoms. The van der Waals surface area contributed by atoms with E-state index in [4.69, 9.17) is 15.2 Å². The van der Waals surface area contributed by atoms with E-state index < -0.39 is 0 Å². The maximum absolute atomic E-state index is 5.83. The number of rotatable bonds is 1. The molecule has 1 heterocycles. The summed E-state index contributed by atoms with van der Waals surface area (Å²) in [5.74, 6) is 1.71. The van der Waals surface area contributed by atoms with Crippen molar-refractivity contribution in [3.8, 4) is 11.5 Å². The summed E-state index contributed by atoms with van der Waals surface area (Å²) in [5.41, 5.74) is 6.88. The van der Waals surface area contributed by atoms with Gasteiger partial charge >= 0.3 is 0 Å². The molecule has 2 N–H and O–H groups in total. The molecule has 0 aromatic heterocycles. The normalized spacial score (nSPS) is 19.8. The zero-order valence-corrected chi connectivity index (χ0v) is 9.50. The molecule has 0 saturated carbocycles. The van der Waals surface area contributed by atoms with E-state index in [1.54, 1.807) is 7.11 Å². The van der Waals surface area contributed by atoms with Crippen molar-refractivity contribution in [3.63, 3.8) is 0 Å². The molecule has 4 heteroatoms. The van der Waals surface area contributed by atoms with Crippen molar-refractivity contribution in [2.45, 2.75) is 12.5 Å². The fourth-order valence-corrected chi connectivity index (χ4v) is 2.12. The van der Waals surface area contributed by atoms with Gasteiger partial charge in [0.2, 0.25) is 0 Å². The number of benzene rings is 1. The molecular weight excluding hydrogens is 246 g/mol. The van der Waals surface area contributed by atoms with Crippen LogP contribution in [0.3, 0.4) is 0 Å². The summed E-state index contributed by atoms with van der Waals surface area (Å²) in [7, 11) is 1.66. The Kier molecular flexibility index (Phi) is 2.65. The monoisotopic (exact) mass is 257 g/mol. The Labute approximate surface area is 91.3 Å². The number of fused-ring (bicyclic) bond motifs is 1. The van der Waals surface area contributed by atoms with Crippen molar-refractivity contribution >= 4 is 15.9 Å². The molecule has 2 rings (SSSR count). The van der Waals surface area contributed by atoms with E-state index in [2.05, 4.69) is 15.9 Å². The van der Waals surface area contributed by atoms with E-state index in [9.17, 15) is 0 Å². The van der Waals surface area contributed by atoms with Crippen LogP contribution in [-0.4, -0.2) is 19.8 Å². The average Bonchev–Trinajstić information content (AvgIpc) is 2.18. The number of nitrogens with two attached hydrogens (primary N) is 1. The van der Waals surface area contributed by atoms with Crippen LogP contribution in [0.2, 0.25) is 0 Å². The largest absolute Gasteiger partial charge is 0.496 e. The first-order chi connectivity index (χ1) is 6.72. The Hall–Kier alpha value is -0.740. The summed E-state index contributed by atoms with van der Waals surface area (Å²) in [4.78, 5) is 0. The van der Waals surface area contributed by atoms with Crippen LogP contribution in [0.25, 0.3) is 0 Å². The molecule has 0 amide bonds. The van der Waals surface area contributed by atoms with Crippen LogP contribution < -0.4 is 15.2 Å². The molecule has 0 radical (unpaired) electrons. The number of ether oxygens (including phenoxy) is 2. The van der Waals surface area contributed by atoms with Gasteiger partial charge < -0.3 is 15.2 Å². The van der Waals surface area contributed by atoms with Gasteiger partial charge in [-0.3, -0.25) is 0 Å². The number of halogens is 1. The Bertz CT molecular complexity index is 354. The summed E-state index contributed by atoms with van der Waals surface area (Å²) in [6.45, 7) is 0.568. The molecule has 0 bridgehead atoms. The van der Waals surface area contributed by atoms with Crippen molar-refractivity contribution in [3.05, 3.63) is 22.2 Å². The van der Waals surface area contributed by atoms with Gasteiger partial charge in [0, 0.05) is 11.6 Å².